The van der Waals surface area contributed by atoms with Crippen molar-refractivity contribution in [2.24, 2.45) is 11.7 Å². The molecule has 18 heavy (non-hydrogen) atoms. The van der Waals surface area contributed by atoms with Gasteiger partial charge in [-0.2, -0.15) is 0 Å². The molecule has 7 heteroatoms. The number of ether oxygens (including phenoxy) is 1. The van der Waals surface area contributed by atoms with Gasteiger partial charge in [-0.3, -0.25) is 9.59 Å². The molecule has 100 valence electrons. The van der Waals surface area contributed by atoms with Crippen LogP contribution in [0.2, 0.25) is 0 Å². The fourth-order valence-electron chi connectivity index (χ4n) is 1.21. The van der Waals surface area contributed by atoms with E-state index in [1.165, 1.54) is 11.3 Å². The number of thiazole rings is 1. The Morgan fingerprint density at radius 2 is 2.33 bits per heavy atom. The molecule has 1 amide bonds. The van der Waals surface area contributed by atoms with Crippen molar-refractivity contribution in [2.75, 3.05) is 13.2 Å². The maximum absolute atomic E-state index is 11.7. The number of rotatable bonds is 6. The summed E-state index contributed by atoms with van der Waals surface area (Å²) in [5.74, 6) is -0.998. The van der Waals surface area contributed by atoms with Gasteiger partial charge >= 0.3 is 5.97 Å². The maximum Gasteiger partial charge on any atom is 0.310 e. The lowest BCUT2D eigenvalue weighted by Crippen LogP contribution is -2.32. The van der Waals surface area contributed by atoms with E-state index < -0.39 is 0 Å². The normalized spacial score (nSPS) is 11.9. The van der Waals surface area contributed by atoms with Gasteiger partial charge < -0.3 is 15.8 Å². The third kappa shape index (κ3) is 4.08. The summed E-state index contributed by atoms with van der Waals surface area (Å²) >= 11 is 1.34. The molecular formula is C11H17N3O3S. The van der Waals surface area contributed by atoms with Gasteiger partial charge in [-0.05, 0) is 6.92 Å². The molecule has 0 aliphatic rings. The van der Waals surface area contributed by atoms with Crippen molar-refractivity contribution < 1.29 is 14.3 Å². The number of nitrogens with two attached hydrogens (primary N) is 1. The quantitative estimate of drug-likeness (QED) is 0.736. The highest BCUT2D eigenvalue weighted by atomic mass is 32.1. The largest absolute Gasteiger partial charge is 0.466 e. The number of carbonyl (C=O) groups is 2. The van der Waals surface area contributed by atoms with Crippen molar-refractivity contribution in [1.82, 2.24) is 10.3 Å². The molecule has 0 aliphatic heterocycles. The molecule has 1 heterocycles. The molecule has 0 aromatic carbocycles. The van der Waals surface area contributed by atoms with Crippen LogP contribution in [0, 0.1) is 5.92 Å². The Hall–Kier alpha value is -1.47. The molecule has 1 aromatic rings. The van der Waals surface area contributed by atoms with Crippen LogP contribution in [0.3, 0.4) is 0 Å². The molecule has 1 aromatic heterocycles. The van der Waals surface area contributed by atoms with Crippen LogP contribution in [0.1, 0.15) is 29.3 Å². The summed E-state index contributed by atoms with van der Waals surface area (Å²) in [7, 11) is 0. The van der Waals surface area contributed by atoms with E-state index >= 15 is 0 Å². The molecule has 1 rings (SSSR count). The Morgan fingerprint density at radius 1 is 1.61 bits per heavy atom. The van der Waals surface area contributed by atoms with Crippen LogP contribution < -0.4 is 11.1 Å². The van der Waals surface area contributed by atoms with Crippen LogP contribution in [-0.2, 0) is 16.1 Å². The van der Waals surface area contributed by atoms with Crippen LogP contribution in [0.15, 0.2) is 5.38 Å². The minimum atomic E-state index is -0.374. The first-order valence-corrected chi connectivity index (χ1v) is 6.55. The predicted molar refractivity (Wildman–Crippen MR) is 68.1 cm³/mol. The molecule has 0 saturated carbocycles. The lowest BCUT2D eigenvalue weighted by Gasteiger charge is -2.10. The summed E-state index contributed by atoms with van der Waals surface area (Å²) in [5.41, 5.74) is 5.74. The Labute approximate surface area is 110 Å². The van der Waals surface area contributed by atoms with Crippen molar-refractivity contribution in [1.29, 1.82) is 0 Å². The first kappa shape index (κ1) is 14.6. The average Bonchev–Trinajstić information content (AvgIpc) is 2.84. The highest BCUT2D eigenvalue weighted by Gasteiger charge is 2.16. The van der Waals surface area contributed by atoms with Gasteiger partial charge in [0.05, 0.1) is 12.5 Å². The monoisotopic (exact) mass is 271 g/mol. The van der Waals surface area contributed by atoms with Crippen molar-refractivity contribution in [3.63, 3.8) is 0 Å². The van der Waals surface area contributed by atoms with Gasteiger partial charge in [0.15, 0.2) is 0 Å². The number of amides is 1. The summed E-state index contributed by atoms with van der Waals surface area (Å²) in [6, 6.07) is 0. The molecule has 0 radical (unpaired) electrons. The number of nitrogens with one attached hydrogen (secondary N) is 1. The van der Waals surface area contributed by atoms with Crippen LogP contribution >= 0.6 is 11.3 Å². The molecular weight excluding hydrogens is 254 g/mol. The smallest absolute Gasteiger partial charge is 0.310 e. The van der Waals surface area contributed by atoms with Gasteiger partial charge in [-0.15, -0.1) is 11.3 Å². The van der Waals surface area contributed by atoms with E-state index in [2.05, 4.69) is 10.3 Å². The predicted octanol–water partition coefficient (Wildman–Crippen LogP) is 0.531. The number of carbonyl (C=O) groups excluding carboxylic acids is 2. The highest BCUT2D eigenvalue weighted by molar-refractivity contribution is 7.09. The van der Waals surface area contributed by atoms with Crippen molar-refractivity contribution in [3.8, 4) is 0 Å². The molecule has 6 nitrogen and oxygen atoms in total. The van der Waals surface area contributed by atoms with Gasteiger partial charge in [0.2, 0.25) is 0 Å². The lowest BCUT2D eigenvalue weighted by molar-refractivity contribution is -0.147. The first-order valence-electron chi connectivity index (χ1n) is 5.67. The fourth-order valence-corrected chi connectivity index (χ4v) is 1.87. The van der Waals surface area contributed by atoms with Gasteiger partial charge in [-0.25, -0.2) is 4.98 Å². The molecule has 0 saturated heterocycles. The van der Waals surface area contributed by atoms with Gasteiger partial charge in [0.1, 0.15) is 10.7 Å². The fraction of sp³-hybridized carbons (Fsp3) is 0.545. The molecule has 1 atom stereocenters. The molecule has 0 aliphatic carbocycles. The zero-order chi connectivity index (χ0) is 13.5. The van der Waals surface area contributed by atoms with Crippen LogP contribution in [0.4, 0.5) is 0 Å². The second-order valence-electron chi connectivity index (χ2n) is 3.69. The van der Waals surface area contributed by atoms with Crippen LogP contribution in [0.5, 0.6) is 0 Å². The Bertz CT molecular complexity index is 419. The van der Waals surface area contributed by atoms with E-state index in [0.717, 1.165) is 0 Å². The number of hydrogen-bond acceptors (Lipinski definition) is 6. The van der Waals surface area contributed by atoms with Crippen molar-refractivity contribution in [3.05, 3.63) is 16.1 Å². The summed E-state index contributed by atoms with van der Waals surface area (Å²) in [5, 5.41) is 4.99. The third-order valence-corrected chi connectivity index (χ3v) is 3.09. The SMILES string of the molecule is CCOC(=O)C(C)CNC(=O)c1csc(CN)n1. The zero-order valence-corrected chi connectivity index (χ0v) is 11.3. The van der Waals surface area contributed by atoms with Crippen LogP contribution in [-0.4, -0.2) is 30.0 Å². The number of aromatic nitrogens is 1. The Morgan fingerprint density at radius 3 is 2.89 bits per heavy atom. The van der Waals surface area contributed by atoms with Gasteiger partial charge in [-0.1, -0.05) is 6.92 Å². The second kappa shape index (κ2) is 7.07. The molecule has 0 spiro atoms. The van der Waals surface area contributed by atoms with Crippen LogP contribution in [0.25, 0.3) is 0 Å². The number of esters is 1. The number of hydrogen-bond donors (Lipinski definition) is 2. The maximum atomic E-state index is 11.7. The van der Waals surface area contributed by atoms with E-state index in [9.17, 15) is 9.59 Å². The van der Waals surface area contributed by atoms with E-state index in [-0.39, 0.29) is 24.3 Å². The standard InChI is InChI=1S/C11H17N3O3S/c1-3-17-11(16)7(2)5-13-10(15)8-6-18-9(4-12)14-8/h6-7H,3-5,12H2,1-2H3,(H,13,15). The lowest BCUT2D eigenvalue weighted by atomic mass is 10.2. The third-order valence-electron chi connectivity index (χ3n) is 2.22. The summed E-state index contributed by atoms with van der Waals surface area (Å²) in [4.78, 5) is 27.1. The Kier molecular flexibility index (Phi) is 5.73. The van der Waals surface area contributed by atoms with Gasteiger partial charge in [0.25, 0.3) is 5.91 Å². The Balaban J connectivity index is 2.43. The van der Waals surface area contributed by atoms with Crippen molar-refractivity contribution in [2.45, 2.75) is 20.4 Å². The number of nitrogens with zero attached hydrogens (tertiary/aromatic N) is 1. The summed E-state index contributed by atoms with van der Waals surface area (Å²) in [6.07, 6.45) is 0. The van der Waals surface area contributed by atoms with E-state index in [1.54, 1.807) is 19.2 Å². The second-order valence-corrected chi connectivity index (χ2v) is 4.64. The van der Waals surface area contributed by atoms with Crippen molar-refractivity contribution >= 4 is 23.2 Å². The average molecular weight is 271 g/mol. The van der Waals surface area contributed by atoms with Gasteiger partial charge in [0, 0.05) is 18.5 Å². The highest BCUT2D eigenvalue weighted by Crippen LogP contribution is 2.08. The summed E-state index contributed by atoms with van der Waals surface area (Å²) < 4.78 is 4.84. The first-order chi connectivity index (χ1) is 8.58. The molecule has 0 fully saturated rings. The summed E-state index contributed by atoms with van der Waals surface area (Å²) in [6.45, 7) is 4.32. The molecule has 1 unspecified atom stereocenters. The zero-order valence-electron chi connectivity index (χ0n) is 10.4. The minimum absolute atomic E-state index is 0.229. The topological polar surface area (TPSA) is 94.3 Å². The van der Waals surface area contributed by atoms with E-state index in [1.807, 2.05) is 0 Å². The van der Waals surface area contributed by atoms with E-state index in [4.69, 9.17) is 10.5 Å². The molecule has 3 N–H and O–H groups in total. The van der Waals surface area contributed by atoms with E-state index in [0.29, 0.717) is 23.9 Å². The molecule has 0 bridgehead atoms. The minimum Gasteiger partial charge on any atom is -0.466 e.